The predicted octanol–water partition coefficient (Wildman–Crippen LogP) is 3.57. The molecule has 2 heterocycles. The fourth-order valence-electron chi connectivity index (χ4n) is 3.89. The molecule has 1 fully saturated rings. The van der Waals surface area contributed by atoms with E-state index in [1.54, 1.807) is 0 Å². The SMILES string of the molecule is NCc1ccc2c(c1)C1(CCN(S(=O)(=O)c3ccc(Cl)c(Cl)c3)CC1)CO2. The first-order valence-corrected chi connectivity index (χ1v) is 11.0. The van der Waals surface area contributed by atoms with Gasteiger partial charge in [-0.1, -0.05) is 35.3 Å². The predicted molar refractivity (Wildman–Crippen MR) is 106 cm³/mol. The van der Waals surface area contributed by atoms with Crippen LogP contribution in [-0.4, -0.2) is 32.4 Å². The van der Waals surface area contributed by atoms with Crippen molar-refractivity contribution in [2.24, 2.45) is 5.73 Å². The van der Waals surface area contributed by atoms with Crippen LogP contribution in [0.2, 0.25) is 10.0 Å². The van der Waals surface area contributed by atoms with Crippen LogP contribution in [0.25, 0.3) is 0 Å². The molecule has 0 aliphatic carbocycles. The van der Waals surface area contributed by atoms with Crippen LogP contribution in [0.4, 0.5) is 0 Å². The highest BCUT2D eigenvalue weighted by atomic mass is 35.5. The van der Waals surface area contributed by atoms with E-state index in [0.29, 0.717) is 44.1 Å². The lowest BCUT2D eigenvalue weighted by Crippen LogP contribution is -2.45. The number of sulfonamides is 1. The summed E-state index contributed by atoms with van der Waals surface area (Å²) in [6.45, 7) is 1.91. The Morgan fingerprint density at radius 1 is 1.07 bits per heavy atom. The third kappa shape index (κ3) is 3.23. The van der Waals surface area contributed by atoms with Crippen molar-refractivity contribution < 1.29 is 13.2 Å². The largest absolute Gasteiger partial charge is 0.492 e. The molecule has 4 rings (SSSR count). The molecule has 2 aliphatic heterocycles. The number of hydrogen-bond donors (Lipinski definition) is 1. The van der Waals surface area contributed by atoms with Crippen molar-refractivity contribution in [3.8, 4) is 5.75 Å². The molecule has 1 saturated heterocycles. The van der Waals surface area contributed by atoms with Gasteiger partial charge in [0.15, 0.2) is 0 Å². The molecule has 8 heteroatoms. The van der Waals surface area contributed by atoms with E-state index < -0.39 is 10.0 Å². The Labute approximate surface area is 169 Å². The zero-order valence-corrected chi connectivity index (χ0v) is 16.9. The quantitative estimate of drug-likeness (QED) is 0.813. The van der Waals surface area contributed by atoms with Crippen molar-refractivity contribution in [1.29, 1.82) is 0 Å². The van der Waals surface area contributed by atoms with Crippen molar-refractivity contribution in [2.75, 3.05) is 19.7 Å². The van der Waals surface area contributed by atoms with Crippen LogP contribution in [0, 0.1) is 0 Å². The van der Waals surface area contributed by atoms with Gasteiger partial charge >= 0.3 is 0 Å². The van der Waals surface area contributed by atoms with E-state index >= 15 is 0 Å². The summed E-state index contributed by atoms with van der Waals surface area (Å²) >= 11 is 11.9. The van der Waals surface area contributed by atoms with Crippen LogP contribution < -0.4 is 10.5 Å². The van der Waals surface area contributed by atoms with Crippen LogP contribution in [0.1, 0.15) is 24.0 Å². The number of halogens is 2. The van der Waals surface area contributed by atoms with Crippen molar-refractivity contribution in [3.05, 3.63) is 57.6 Å². The topological polar surface area (TPSA) is 72.6 Å². The number of ether oxygens (including phenoxy) is 1. The molecule has 0 amide bonds. The summed E-state index contributed by atoms with van der Waals surface area (Å²) in [5.41, 5.74) is 7.84. The molecule has 2 N–H and O–H groups in total. The van der Waals surface area contributed by atoms with E-state index in [4.69, 9.17) is 33.7 Å². The Hall–Kier alpha value is -1.31. The number of benzene rings is 2. The molecule has 0 aromatic heterocycles. The molecule has 5 nitrogen and oxygen atoms in total. The van der Waals surface area contributed by atoms with Gasteiger partial charge < -0.3 is 10.5 Å². The number of hydrogen-bond acceptors (Lipinski definition) is 4. The standard InChI is InChI=1S/C19H20Cl2N2O3S/c20-16-3-2-14(10-17(16)21)27(24,25)23-7-5-19(6-8-23)12-26-18-4-1-13(11-22)9-15(18)19/h1-4,9-10H,5-8,11-12,22H2. The number of nitrogens with zero attached hydrogens (tertiary/aromatic N) is 1. The zero-order chi connectivity index (χ0) is 19.2. The molecular weight excluding hydrogens is 407 g/mol. The smallest absolute Gasteiger partial charge is 0.243 e. The van der Waals surface area contributed by atoms with Gasteiger partial charge in [-0.2, -0.15) is 4.31 Å². The molecule has 1 spiro atoms. The van der Waals surface area contributed by atoms with E-state index in [0.717, 1.165) is 16.9 Å². The fraction of sp³-hybridized carbons (Fsp3) is 0.368. The first-order chi connectivity index (χ1) is 12.9. The monoisotopic (exact) mass is 426 g/mol. The molecule has 2 aromatic rings. The van der Waals surface area contributed by atoms with E-state index in [1.165, 1.54) is 22.5 Å². The van der Waals surface area contributed by atoms with Gasteiger partial charge in [0.2, 0.25) is 10.0 Å². The van der Waals surface area contributed by atoms with Crippen molar-refractivity contribution in [1.82, 2.24) is 4.31 Å². The number of fused-ring (bicyclic) bond motifs is 2. The van der Waals surface area contributed by atoms with Gasteiger partial charge in [0.25, 0.3) is 0 Å². The van der Waals surface area contributed by atoms with Gasteiger partial charge in [0, 0.05) is 30.6 Å². The maximum absolute atomic E-state index is 13.0. The molecule has 0 radical (unpaired) electrons. The maximum atomic E-state index is 13.0. The van der Waals surface area contributed by atoms with Crippen LogP contribution in [0.15, 0.2) is 41.3 Å². The second-order valence-electron chi connectivity index (χ2n) is 7.08. The highest BCUT2D eigenvalue weighted by Crippen LogP contribution is 2.46. The highest BCUT2D eigenvalue weighted by Gasteiger charge is 2.45. The Balaban J connectivity index is 1.57. The molecule has 0 saturated carbocycles. The maximum Gasteiger partial charge on any atom is 0.243 e. The number of piperidine rings is 1. The minimum Gasteiger partial charge on any atom is -0.492 e. The molecule has 0 bridgehead atoms. The summed E-state index contributed by atoms with van der Waals surface area (Å²) in [5.74, 6) is 0.882. The first kappa shape index (κ1) is 19.0. The Morgan fingerprint density at radius 2 is 1.81 bits per heavy atom. The summed E-state index contributed by atoms with van der Waals surface area (Å²) < 4.78 is 33.4. The molecule has 0 unspecified atom stereocenters. The summed E-state index contributed by atoms with van der Waals surface area (Å²) in [6, 6.07) is 10.5. The average Bonchev–Trinajstić information content (AvgIpc) is 3.01. The molecule has 27 heavy (non-hydrogen) atoms. The van der Waals surface area contributed by atoms with Crippen molar-refractivity contribution in [2.45, 2.75) is 29.7 Å². The minimum atomic E-state index is -3.61. The van der Waals surface area contributed by atoms with Gasteiger partial charge in [0.05, 0.1) is 21.5 Å². The van der Waals surface area contributed by atoms with Crippen LogP contribution >= 0.6 is 23.2 Å². The highest BCUT2D eigenvalue weighted by molar-refractivity contribution is 7.89. The number of rotatable bonds is 3. The lowest BCUT2D eigenvalue weighted by Gasteiger charge is -2.38. The molecular formula is C19H20Cl2N2O3S. The first-order valence-electron chi connectivity index (χ1n) is 8.77. The van der Waals surface area contributed by atoms with E-state index in [9.17, 15) is 8.42 Å². The van der Waals surface area contributed by atoms with Crippen LogP contribution in [0.3, 0.4) is 0 Å². The average molecular weight is 427 g/mol. The zero-order valence-electron chi connectivity index (χ0n) is 14.6. The Bertz CT molecular complexity index is 986. The Kier molecular flexibility index (Phi) is 4.89. The minimum absolute atomic E-state index is 0.149. The summed E-state index contributed by atoms with van der Waals surface area (Å²) in [7, 11) is -3.61. The van der Waals surface area contributed by atoms with Crippen LogP contribution in [0.5, 0.6) is 5.75 Å². The van der Waals surface area contributed by atoms with Gasteiger partial charge in [-0.25, -0.2) is 8.42 Å². The van der Waals surface area contributed by atoms with Gasteiger partial charge in [-0.05, 0) is 42.7 Å². The second-order valence-corrected chi connectivity index (χ2v) is 9.84. The molecule has 0 atom stereocenters. The lowest BCUT2D eigenvalue weighted by molar-refractivity contribution is 0.184. The van der Waals surface area contributed by atoms with Crippen molar-refractivity contribution >= 4 is 33.2 Å². The Morgan fingerprint density at radius 3 is 2.48 bits per heavy atom. The lowest BCUT2D eigenvalue weighted by atomic mass is 9.74. The molecule has 2 aromatic carbocycles. The third-order valence-corrected chi connectivity index (χ3v) is 8.20. The fourth-order valence-corrected chi connectivity index (χ4v) is 5.72. The number of nitrogens with two attached hydrogens (primary N) is 1. The summed E-state index contributed by atoms with van der Waals surface area (Å²) in [5, 5.41) is 0.572. The third-order valence-electron chi connectivity index (χ3n) is 5.56. The van der Waals surface area contributed by atoms with Gasteiger partial charge in [-0.3, -0.25) is 0 Å². The molecule has 144 valence electrons. The van der Waals surface area contributed by atoms with E-state index in [2.05, 4.69) is 6.07 Å². The van der Waals surface area contributed by atoms with Gasteiger partial charge in [-0.15, -0.1) is 0 Å². The van der Waals surface area contributed by atoms with Crippen LogP contribution in [-0.2, 0) is 22.0 Å². The second kappa shape index (κ2) is 6.94. The van der Waals surface area contributed by atoms with Gasteiger partial charge in [0.1, 0.15) is 5.75 Å². The summed E-state index contributed by atoms with van der Waals surface area (Å²) in [6.07, 6.45) is 1.41. The normalized spacial score (nSPS) is 19.1. The summed E-state index contributed by atoms with van der Waals surface area (Å²) in [4.78, 5) is 0.168. The van der Waals surface area contributed by atoms with E-state index in [1.807, 2.05) is 12.1 Å². The van der Waals surface area contributed by atoms with E-state index in [-0.39, 0.29) is 15.3 Å². The van der Waals surface area contributed by atoms with Crippen molar-refractivity contribution in [3.63, 3.8) is 0 Å². The molecule has 2 aliphatic rings.